The van der Waals surface area contributed by atoms with E-state index in [-0.39, 0.29) is 6.71 Å². The summed E-state index contributed by atoms with van der Waals surface area (Å²) in [6, 6.07) is 52.7. The van der Waals surface area contributed by atoms with Crippen molar-refractivity contribution < 1.29 is 4.42 Å². The molecular formula is C43H25BN4O. The zero-order valence-corrected chi connectivity index (χ0v) is 26.2. The summed E-state index contributed by atoms with van der Waals surface area (Å²) in [5.74, 6) is 0.827. The van der Waals surface area contributed by atoms with Crippen molar-refractivity contribution in [1.29, 1.82) is 0 Å². The first-order valence-corrected chi connectivity index (χ1v) is 16.8. The second-order valence-corrected chi connectivity index (χ2v) is 13.1. The van der Waals surface area contributed by atoms with Crippen molar-refractivity contribution in [2.24, 2.45) is 0 Å². The molecule has 6 heterocycles. The standard InChI is InChI=1S/C43H25BN4O/c1-3-12-26(13-4-1)46-35-21-10-22-36-40(35)44(39-31-19-11-23-45-42(31)49-43(39)47(36)27-14-5-2-6-15-27)33-24-32-30-18-9-17-29-28-16-7-8-20-34(28)48(41(29)30)37(32)25-38(33)46/h1-25H. The maximum Gasteiger partial charge on any atom is 0.257 e. The number of furan rings is 1. The van der Waals surface area contributed by atoms with Gasteiger partial charge in [0.05, 0.1) is 16.6 Å². The van der Waals surface area contributed by atoms with Gasteiger partial charge in [-0.15, -0.1) is 0 Å². The molecule has 0 saturated carbocycles. The second kappa shape index (κ2) is 9.09. The average Bonchev–Trinajstić information content (AvgIpc) is 3.82. The minimum absolute atomic E-state index is 0.0669. The Kier molecular flexibility index (Phi) is 4.74. The van der Waals surface area contributed by atoms with Gasteiger partial charge in [-0.25, -0.2) is 4.98 Å². The minimum atomic E-state index is -0.0669. The molecule has 0 radical (unpaired) electrons. The first-order chi connectivity index (χ1) is 24.3. The zero-order chi connectivity index (χ0) is 31.8. The van der Waals surface area contributed by atoms with Crippen LogP contribution in [0.1, 0.15) is 0 Å². The summed E-state index contributed by atoms with van der Waals surface area (Å²) in [6.07, 6.45) is 1.82. The van der Waals surface area contributed by atoms with E-state index in [0.717, 1.165) is 33.8 Å². The monoisotopic (exact) mass is 624 g/mol. The number of rotatable bonds is 2. The van der Waals surface area contributed by atoms with Crippen LogP contribution in [0.3, 0.4) is 0 Å². The Bertz CT molecular complexity index is 2970. The molecule has 2 aliphatic heterocycles. The third-order valence-electron chi connectivity index (χ3n) is 10.8. The molecule has 0 atom stereocenters. The van der Waals surface area contributed by atoms with Crippen LogP contribution < -0.4 is 26.2 Å². The quantitative estimate of drug-likeness (QED) is 0.180. The first kappa shape index (κ1) is 25.6. The van der Waals surface area contributed by atoms with Gasteiger partial charge in [0.15, 0.2) is 0 Å². The zero-order valence-electron chi connectivity index (χ0n) is 26.2. The molecular weight excluding hydrogens is 599 g/mol. The second-order valence-electron chi connectivity index (χ2n) is 13.1. The first-order valence-electron chi connectivity index (χ1n) is 16.8. The van der Waals surface area contributed by atoms with Crippen LogP contribution in [0.15, 0.2) is 156 Å². The molecule has 0 amide bonds. The van der Waals surface area contributed by atoms with Gasteiger partial charge in [-0.1, -0.05) is 84.9 Å². The predicted molar refractivity (Wildman–Crippen MR) is 203 cm³/mol. The highest BCUT2D eigenvalue weighted by Crippen LogP contribution is 2.47. The number of pyridine rings is 1. The average molecular weight is 625 g/mol. The Hall–Kier alpha value is -6.53. The summed E-state index contributed by atoms with van der Waals surface area (Å²) >= 11 is 0. The van der Waals surface area contributed by atoms with Gasteiger partial charge in [-0.2, -0.15) is 0 Å². The number of hydrogen-bond donors (Lipinski definition) is 0. The van der Waals surface area contributed by atoms with Crippen molar-refractivity contribution in [3.8, 4) is 0 Å². The lowest BCUT2D eigenvalue weighted by Crippen LogP contribution is -2.61. The lowest BCUT2D eigenvalue weighted by Gasteiger charge is -2.42. The predicted octanol–water partition coefficient (Wildman–Crippen LogP) is 9.06. The lowest BCUT2D eigenvalue weighted by atomic mass is 9.33. The van der Waals surface area contributed by atoms with Crippen LogP contribution in [-0.2, 0) is 0 Å². The summed E-state index contributed by atoms with van der Waals surface area (Å²) in [4.78, 5) is 9.48. The van der Waals surface area contributed by atoms with Gasteiger partial charge in [0.1, 0.15) is 0 Å². The van der Waals surface area contributed by atoms with Gasteiger partial charge < -0.3 is 13.7 Å². The molecule has 2 aliphatic rings. The number of anilines is 6. The molecule has 0 aliphatic carbocycles. The molecule has 49 heavy (non-hydrogen) atoms. The van der Waals surface area contributed by atoms with E-state index in [9.17, 15) is 0 Å². The summed E-state index contributed by atoms with van der Waals surface area (Å²) in [5, 5.41) is 6.16. The topological polar surface area (TPSA) is 36.9 Å². The third kappa shape index (κ3) is 3.14. The van der Waals surface area contributed by atoms with Gasteiger partial charge in [0.2, 0.25) is 11.6 Å². The summed E-state index contributed by atoms with van der Waals surface area (Å²) in [7, 11) is 0. The number of benzene rings is 6. The largest absolute Gasteiger partial charge is 0.422 e. The van der Waals surface area contributed by atoms with E-state index in [4.69, 9.17) is 9.40 Å². The molecule has 5 nitrogen and oxygen atoms in total. The van der Waals surface area contributed by atoms with Crippen LogP contribution in [-0.4, -0.2) is 16.1 Å². The van der Waals surface area contributed by atoms with E-state index < -0.39 is 0 Å². The van der Waals surface area contributed by atoms with Gasteiger partial charge >= 0.3 is 0 Å². The summed E-state index contributed by atoms with van der Waals surface area (Å²) in [5.41, 5.74) is 13.7. The van der Waals surface area contributed by atoms with Crippen molar-refractivity contribution in [3.05, 3.63) is 152 Å². The molecule has 10 aromatic rings. The molecule has 0 saturated heterocycles. The molecule has 226 valence electrons. The number of para-hydroxylation sites is 4. The molecule has 0 unspecified atom stereocenters. The Balaban J connectivity index is 1.27. The van der Waals surface area contributed by atoms with Crippen molar-refractivity contribution in [2.75, 3.05) is 9.80 Å². The number of fused-ring (bicyclic) bond motifs is 12. The molecule has 4 aromatic heterocycles. The SMILES string of the molecule is c1ccc(N2c3cc4c(cc3B3c5c2cccc5N(c2ccccc2)c2oc5ncccc5c23)c2cccc3c5ccccc5n4c32)cc1. The Morgan fingerprint density at radius 1 is 0.490 bits per heavy atom. The van der Waals surface area contributed by atoms with Crippen molar-refractivity contribution in [3.63, 3.8) is 0 Å². The van der Waals surface area contributed by atoms with Crippen LogP contribution in [0.5, 0.6) is 0 Å². The van der Waals surface area contributed by atoms with Gasteiger partial charge in [-0.05, 0) is 71.6 Å². The van der Waals surface area contributed by atoms with E-state index in [1.165, 1.54) is 60.4 Å². The fourth-order valence-electron chi connectivity index (χ4n) is 8.90. The highest BCUT2D eigenvalue weighted by molar-refractivity contribution is 7.01. The van der Waals surface area contributed by atoms with E-state index in [1.807, 2.05) is 12.3 Å². The van der Waals surface area contributed by atoms with Crippen molar-refractivity contribution in [1.82, 2.24) is 9.38 Å². The normalized spacial score (nSPS) is 13.6. The Morgan fingerprint density at radius 3 is 1.96 bits per heavy atom. The third-order valence-corrected chi connectivity index (χ3v) is 10.8. The Labute approximate surface area is 281 Å². The fourth-order valence-corrected chi connectivity index (χ4v) is 8.90. The highest BCUT2D eigenvalue weighted by atomic mass is 16.4. The smallest absolute Gasteiger partial charge is 0.257 e. The molecule has 0 N–H and O–H groups in total. The van der Waals surface area contributed by atoms with Gasteiger partial charge in [-0.3, -0.25) is 4.90 Å². The maximum absolute atomic E-state index is 6.76. The molecule has 12 rings (SSSR count). The molecule has 6 aromatic carbocycles. The van der Waals surface area contributed by atoms with E-state index in [2.05, 4.69) is 154 Å². The van der Waals surface area contributed by atoms with Gasteiger partial charge in [0, 0.05) is 67.0 Å². The molecule has 0 bridgehead atoms. The van der Waals surface area contributed by atoms with Crippen LogP contribution in [0, 0.1) is 0 Å². The van der Waals surface area contributed by atoms with Gasteiger partial charge in [0.25, 0.3) is 6.71 Å². The number of aromatic nitrogens is 2. The highest BCUT2D eigenvalue weighted by Gasteiger charge is 2.46. The van der Waals surface area contributed by atoms with Crippen LogP contribution >= 0.6 is 0 Å². The molecule has 6 heteroatoms. The fraction of sp³-hybridized carbons (Fsp3) is 0. The lowest BCUT2D eigenvalue weighted by molar-refractivity contribution is 0.610. The minimum Gasteiger partial charge on any atom is -0.422 e. The summed E-state index contributed by atoms with van der Waals surface area (Å²) in [6.45, 7) is -0.0669. The van der Waals surface area contributed by atoms with Crippen LogP contribution in [0.4, 0.5) is 34.3 Å². The number of hydrogen-bond acceptors (Lipinski definition) is 4. The van der Waals surface area contributed by atoms with Crippen molar-refractivity contribution >= 4 is 107 Å². The van der Waals surface area contributed by atoms with Crippen LogP contribution in [0.2, 0.25) is 0 Å². The molecule has 0 spiro atoms. The molecule has 0 fully saturated rings. The van der Waals surface area contributed by atoms with E-state index >= 15 is 0 Å². The van der Waals surface area contributed by atoms with E-state index in [0.29, 0.717) is 5.71 Å². The van der Waals surface area contributed by atoms with Crippen molar-refractivity contribution in [2.45, 2.75) is 0 Å². The number of nitrogens with zero attached hydrogens (tertiary/aromatic N) is 4. The summed E-state index contributed by atoms with van der Waals surface area (Å²) < 4.78 is 9.24. The maximum atomic E-state index is 6.76. The van der Waals surface area contributed by atoms with E-state index in [1.54, 1.807) is 0 Å². The Morgan fingerprint density at radius 2 is 1.14 bits per heavy atom. The van der Waals surface area contributed by atoms with Crippen LogP contribution in [0.25, 0.3) is 49.2 Å².